The zero-order chi connectivity index (χ0) is 11.8. The largest absolute Gasteiger partial charge is 0.311 e. The first kappa shape index (κ1) is 11.6. The van der Waals surface area contributed by atoms with Gasteiger partial charge in [-0.1, -0.05) is 0 Å². The predicted molar refractivity (Wildman–Crippen MR) is 71.3 cm³/mol. The van der Waals surface area contributed by atoms with E-state index in [9.17, 15) is 0 Å². The Morgan fingerprint density at radius 1 is 1.59 bits per heavy atom. The summed E-state index contributed by atoms with van der Waals surface area (Å²) in [5.41, 5.74) is 0. The van der Waals surface area contributed by atoms with Crippen molar-refractivity contribution in [3.8, 4) is 0 Å². The molecule has 2 bridgehead atoms. The van der Waals surface area contributed by atoms with Crippen LogP contribution in [0.2, 0.25) is 0 Å². The van der Waals surface area contributed by atoms with Gasteiger partial charge in [-0.2, -0.15) is 0 Å². The molecule has 0 aromatic carbocycles. The van der Waals surface area contributed by atoms with Gasteiger partial charge in [0.15, 0.2) is 0 Å². The number of aryl methyl sites for hydroxylation is 1. The molecule has 17 heavy (non-hydrogen) atoms. The molecule has 2 aliphatic rings. The SMILES string of the molecule is Cc1cnc(C(C)NCC2CC3CCC2N3)s1. The minimum Gasteiger partial charge on any atom is -0.311 e. The third-order valence-electron chi connectivity index (χ3n) is 4.13. The molecule has 3 nitrogen and oxygen atoms in total. The molecule has 2 aliphatic heterocycles. The minimum atomic E-state index is 0.396. The summed E-state index contributed by atoms with van der Waals surface area (Å²) >= 11 is 1.80. The average molecular weight is 251 g/mol. The molecule has 0 amide bonds. The fourth-order valence-electron chi connectivity index (χ4n) is 3.15. The van der Waals surface area contributed by atoms with Gasteiger partial charge in [0.1, 0.15) is 5.01 Å². The second kappa shape index (κ2) is 4.67. The molecule has 1 aromatic rings. The van der Waals surface area contributed by atoms with Gasteiger partial charge in [-0.3, -0.25) is 0 Å². The van der Waals surface area contributed by atoms with E-state index in [2.05, 4.69) is 29.5 Å². The summed E-state index contributed by atoms with van der Waals surface area (Å²) in [6, 6.07) is 1.98. The molecule has 1 aromatic heterocycles. The number of hydrogen-bond acceptors (Lipinski definition) is 4. The van der Waals surface area contributed by atoms with Crippen molar-refractivity contribution in [2.24, 2.45) is 5.92 Å². The second-order valence-electron chi connectivity index (χ2n) is 5.48. The summed E-state index contributed by atoms with van der Waals surface area (Å²) < 4.78 is 0. The van der Waals surface area contributed by atoms with Crippen LogP contribution in [0.4, 0.5) is 0 Å². The first-order valence-corrected chi connectivity index (χ1v) is 7.46. The highest BCUT2D eigenvalue weighted by atomic mass is 32.1. The van der Waals surface area contributed by atoms with Crippen LogP contribution < -0.4 is 10.6 Å². The van der Waals surface area contributed by atoms with Gasteiger partial charge in [0.05, 0.1) is 6.04 Å². The van der Waals surface area contributed by atoms with Crippen molar-refractivity contribution in [1.82, 2.24) is 15.6 Å². The van der Waals surface area contributed by atoms with E-state index in [-0.39, 0.29) is 0 Å². The molecule has 3 rings (SSSR count). The quantitative estimate of drug-likeness (QED) is 0.862. The number of hydrogen-bond donors (Lipinski definition) is 2. The smallest absolute Gasteiger partial charge is 0.109 e. The highest BCUT2D eigenvalue weighted by Crippen LogP contribution is 2.33. The number of thiazole rings is 1. The fraction of sp³-hybridized carbons (Fsp3) is 0.769. The van der Waals surface area contributed by atoms with Crippen molar-refractivity contribution in [3.05, 3.63) is 16.1 Å². The number of aromatic nitrogens is 1. The third-order valence-corrected chi connectivity index (χ3v) is 5.22. The molecule has 4 atom stereocenters. The topological polar surface area (TPSA) is 37.0 Å². The fourth-order valence-corrected chi connectivity index (χ4v) is 3.95. The van der Waals surface area contributed by atoms with Gasteiger partial charge in [-0.25, -0.2) is 4.98 Å². The monoisotopic (exact) mass is 251 g/mol. The molecule has 0 saturated carbocycles. The van der Waals surface area contributed by atoms with Crippen LogP contribution in [0.5, 0.6) is 0 Å². The van der Waals surface area contributed by atoms with E-state index in [1.807, 2.05) is 6.20 Å². The zero-order valence-corrected chi connectivity index (χ0v) is 11.4. The number of rotatable bonds is 4. The number of fused-ring (bicyclic) bond motifs is 2. The molecule has 3 heterocycles. The summed E-state index contributed by atoms with van der Waals surface area (Å²) in [6.45, 7) is 5.47. The van der Waals surface area contributed by atoms with E-state index in [1.54, 1.807) is 11.3 Å². The van der Waals surface area contributed by atoms with Crippen molar-refractivity contribution in [2.75, 3.05) is 6.54 Å². The zero-order valence-electron chi connectivity index (χ0n) is 10.6. The summed E-state index contributed by atoms with van der Waals surface area (Å²) in [5, 5.41) is 8.56. The molecule has 94 valence electrons. The number of nitrogens with zero attached hydrogens (tertiary/aromatic N) is 1. The molecular weight excluding hydrogens is 230 g/mol. The van der Waals surface area contributed by atoms with E-state index in [1.165, 1.54) is 29.1 Å². The van der Waals surface area contributed by atoms with Crippen LogP contribution in [0.3, 0.4) is 0 Å². The highest BCUT2D eigenvalue weighted by molar-refractivity contribution is 7.11. The summed E-state index contributed by atoms with van der Waals surface area (Å²) in [6.07, 6.45) is 6.10. The summed E-state index contributed by atoms with van der Waals surface area (Å²) in [4.78, 5) is 5.75. The van der Waals surface area contributed by atoms with Gasteiger partial charge in [0, 0.05) is 29.7 Å². The minimum absolute atomic E-state index is 0.396. The van der Waals surface area contributed by atoms with Crippen LogP contribution in [0, 0.1) is 12.8 Å². The Balaban J connectivity index is 1.51. The summed E-state index contributed by atoms with van der Waals surface area (Å²) in [5.74, 6) is 0.831. The Morgan fingerprint density at radius 2 is 2.47 bits per heavy atom. The van der Waals surface area contributed by atoms with Gasteiger partial charge in [0.25, 0.3) is 0 Å². The van der Waals surface area contributed by atoms with Gasteiger partial charge < -0.3 is 10.6 Å². The van der Waals surface area contributed by atoms with Gasteiger partial charge in [-0.15, -0.1) is 11.3 Å². The van der Waals surface area contributed by atoms with Crippen LogP contribution in [-0.4, -0.2) is 23.6 Å². The van der Waals surface area contributed by atoms with Crippen molar-refractivity contribution in [2.45, 2.75) is 51.2 Å². The van der Waals surface area contributed by atoms with E-state index in [0.29, 0.717) is 6.04 Å². The van der Waals surface area contributed by atoms with Crippen molar-refractivity contribution >= 4 is 11.3 Å². The Hall–Kier alpha value is -0.450. The highest BCUT2D eigenvalue weighted by Gasteiger charge is 2.38. The molecule has 2 N–H and O–H groups in total. The maximum absolute atomic E-state index is 4.45. The molecule has 4 heteroatoms. The Labute approximate surface area is 107 Å². The van der Waals surface area contributed by atoms with Crippen LogP contribution in [0.15, 0.2) is 6.20 Å². The maximum atomic E-state index is 4.45. The van der Waals surface area contributed by atoms with E-state index < -0.39 is 0 Å². The van der Waals surface area contributed by atoms with Crippen LogP contribution in [0.1, 0.15) is 42.1 Å². The van der Waals surface area contributed by atoms with Gasteiger partial charge >= 0.3 is 0 Å². The van der Waals surface area contributed by atoms with Crippen molar-refractivity contribution in [1.29, 1.82) is 0 Å². The normalized spacial score (nSPS) is 33.2. The maximum Gasteiger partial charge on any atom is 0.109 e. The van der Waals surface area contributed by atoms with Crippen LogP contribution >= 0.6 is 11.3 Å². The Bertz CT molecular complexity index is 390. The predicted octanol–water partition coefficient (Wildman–Crippen LogP) is 2.24. The lowest BCUT2D eigenvalue weighted by Gasteiger charge is -2.22. The molecular formula is C13H21N3S. The van der Waals surface area contributed by atoms with E-state index in [4.69, 9.17) is 0 Å². The molecule has 2 fully saturated rings. The summed E-state index contributed by atoms with van der Waals surface area (Å²) in [7, 11) is 0. The standard InChI is InChI=1S/C13H21N3S/c1-8-6-15-13(17-8)9(2)14-7-10-5-11-3-4-12(10)16-11/h6,9-12,14,16H,3-5,7H2,1-2H3. The van der Waals surface area contributed by atoms with E-state index in [0.717, 1.165) is 24.5 Å². The van der Waals surface area contributed by atoms with Gasteiger partial charge in [-0.05, 0) is 39.0 Å². The van der Waals surface area contributed by atoms with Crippen molar-refractivity contribution < 1.29 is 0 Å². The first-order valence-electron chi connectivity index (χ1n) is 6.64. The lowest BCUT2D eigenvalue weighted by atomic mass is 9.89. The lowest BCUT2D eigenvalue weighted by molar-refractivity contribution is 0.368. The molecule has 0 aliphatic carbocycles. The first-order chi connectivity index (χ1) is 8.22. The average Bonchev–Trinajstić information content (AvgIpc) is 3.01. The third kappa shape index (κ3) is 2.39. The molecule has 4 unspecified atom stereocenters. The van der Waals surface area contributed by atoms with Gasteiger partial charge in [0.2, 0.25) is 0 Å². The Kier molecular flexibility index (Phi) is 3.19. The number of nitrogens with one attached hydrogen (secondary N) is 2. The van der Waals surface area contributed by atoms with Crippen LogP contribution in [0.25, 0.3) is 0 Å². The van der Waals surface area contributed by atoms with Crippen molar-refractivity contribution in [3.63, 3.8) is 0 Å². The lowest BCUT2D eigenvalue weighted by Crippen LogP contribution is -2.32. The second-order valence-corrected chi connectivity index (χ2v) is 6.75. The molecule has 2 saturated heterocycles. The Morgan fingerprint density at radius 3 is 3.06 bits per heavy atom. The van der Waals surface area contributed by atoms with Crippen LogP contribution in [-0.2, 0) is 0 Å². The molecule has 0 radical (unpaired) electrons. The molecule has 0 spiro atoms. The van der Waals surface area contributed by atoms with E-state index >= 15 is 0 Å².